The standard InChI is InChI=1S/C12H10F4N2O/c1-6(17)11-18-5-9(19-11)7-3-2-4-8(10(7)13)12(14,15)16/h2-6H,17H2,1H3. The number of aromatic nitrogens is 1. The normalized spacial score (nSPS) is 13.6. The SMILES string of the molecule is CC(N)c1ncc(-c2cccc(C(F)(F)F)c2F)o1. The first-order valence-corrected chi connectivity index (χ1v) is 5.38. The first-order valence-electron chi connectivity index (χ1n) is 5.38. The second kappa shape index (κ2) is 4.65. The maximum Gasteiger partial charge on any atom is 0.419 e. The first kappa shape index (κ1) is 13.5. The highest BCUT2D eigenvalue weighted by atomic mass is 19.4. The number of nitrogens with zero attached hydrogens (tertiary/aromatic N) is 1. The lowest BCUT2D eigenvalue weighted by Crippen LogP contribution is -2.08. The molecule has 1 heterocycles. The Kier molecular flexibility index (Phi) is 3.32. The van der Waals surface area contributed by atoms with E-state index in [9.17, 15) is 17.6 Å². The topological polar surface area (TPSA) is 52.0 Å². The van der Waals surface area contributed by atoms with Gasteiger partial charge in [0.15, 0.2) is 5.76 Å². The molecule has 7 heteroatoms. The molecule has 0 radical (unpaired) electrons. The maximum absolute atomic E-state index is 13.8. The van der Waals surface area contributed by atoms with E-state index in [1.54, 1.807) is 6.92 Å². The van der Waals surface area contributed by atoms with Crippen LogP contribution in [0, 0.1) is 5.82 Å². The molecule has 0 saturated heterocycles. The number of alkyl halides is 3. The third-order valence-electron chi connectivity index (χ3n) is 2.48. The summed E-state index contributed by atoms with van der Waals surface area (Å²) in [7, 11) is 0. The molecule has 2 N–H and O–H groups in total. The highest BCUT2D eigenvalue weighted by Gasteiger charge is 2.35. The van der Waals surface area contributed by atoms with E-state index in [0.29, 0.717) is 6.07 Å². The van der Waals surface area contributed by atoms with Crippen LogP contribution < -0.4 is 5.73 Å². The summed E-state index contributed by atoms with van der Waals surface area (Å²) < 4.78 is 56.7. The smallest absolute Gasteiger partial charge is 0.419 e. The molecule has 0 saturated carbocycles. The number of benzene rings is 1. The summed E-state index contributed by atoms with van der Waals surface area (Å²) in [6.07, 6.45) is -3.61. The van der Waals surface area contributed by atoms with Crippen LogP contribution in [0.15, 0.2) is 28.8 Å². The molecule has 19 heavy (non-hydrogen) atoms. The third-order valence-corrected chi connectivity index (χ3v) is 2.48. The van der Waals surface area contributed by atoms with E-state index in [4.69, 9.17) is 10.2 Å². The quantitative estimate of drug-likeness (QED) is 0.852. The van der Waals surface area contributed by atoms with E-state index < -0.39 is 23.6 Å². The van der Waals surface area contributed by atoms with Crippen molar-refractivity contribution in [2.45, 2.75) is 19.1 Å². The highest BCUT2D eigenvalue weighted by Crippen LogP contribution is 2.35. The molecular weight excluding hydrogens is 264 g/mol. The second-order valence-electron chi connectivity index (χ2n) is 4.02. The second-order valence-corrected chi connectivity index (χ2v) is 4.02. The monoisotopic (exact) mass is 274 g/mol. The lowest BCUT2D eigenvalue weighted by Gasteiger charge is -2.09. The van der Waals surface area contributed by atoms with Crippen molar-refractivity contribution in [3.63, 3.8) is 0 Å². The van der Waals surface area contributed by atoms with Crippen molar-refractivity contribution in [1.29, 1.82) is 0 Å². The average Bonchev–Trinajstić information content (AvgIpc) is 2.77. The van der Waals surface area contributed by atoms with Crippen LogP contribution in [0.1, 0.15) is 24.4 Å². The molecule has 1 atom stereocenters. The van der Waals surface area contributed by atoms with Gasteiger partial charge in [-0.3, -0.25) is 0 Å². The molecular formula is C12H10F4N2O. The Bertz CT molecular complexity index is 590. The zero-order valence-electron chi connectivity index (χ0n) is 9.83. The van der Waals surface area contributed by atoms with Crippen molar-refractivity contribution < 1.29 is 22.0 Å². The minimum atomic E-state index is -4.76. The summed E-state index contributed by atoms with van der Waals surface area (Å²) in [4.78, 5) is 3.79. The highest BCUT2D eigenvalue weighted by molar-refractivity contribution is 5.59. The zero-order chi connectivity index (χ0) is 14.2. The molecule has 102 valence electrons. The number of hydrogen-bond acceptors (Lipinski definition) is 3. The number of rotatable bonds is 2. The van der Waals surface area contributed by atoms with Crippen LogP contribution in [0.3, 0.4) is 0 Å². The van der Waals surface area contributed by atoms with Crippen molar-refractivity contribution in [1.82, 2.24) is 4.98 Å². The Morgan fingerprint density at radius 3 is 2.53 bits per heavy atom. The van der Waals surface area contributed by atoms with E-state index in [0.717, 1.165) is 12.3 Å². The van der Waals surface area contributed by atoms with Gasteiger partial charge in [-0.1, -0.05) is 6.07 Å². The van der Waals surface area contributed by atoms with Gasteiger partial charge in [-0.25, -0.2) is 9.37 Å². The molecule has 0 spiro atoms. The van der Waals surface area contributed by atoms with Gasteiger partial charge in [0, 0.05) is 0 Å². The number of hydrogen-bond donors (Lipinski definition) is 1. The largest absolute Gasteiger partial charge is 0.439 e. The maximum atomic E-state index is 13.8. The van der Waals surface area contributed by atoms with Crippen molar-refractivity contribution >= 4 is 0 Å². The summed E-state index contributed by atoms with van der Waals surface area (Å²) in [6.45, 7) is 1.60. The lowest BCUT2D eigenvalue weighted by atomic mass is 10.1. The molecule has 1 unspecified atom stereocenters. The van der Waals surface area contributed by atoms with E-state index in [1.165, 1.54) is 6.07 Å². The Labute approximate surface area is 106 Å². The molecule has 0 amide bonds. The lowest BCUT2D eigenvalue weighted by molar-refractivity contribution is -0.139. The molecule has 0 aliphatic heterocycles. The molecule has 2 aromatic rings. The molecule has 3 nitrogen and oxygen atoms in total. The molecule has 1 aromatic carbocycles. The molecule has 0 fully saturated rings. The minimum absolute atomic E-state index is 0.0871. The van der Waals surface area contributed by atoms with E-state index in [1.807, 2.05) is 0 Å². The average molecular weight is 274 g/mol. The fourth-order valence-electron chi connectivity index (χ4n) is 1.56. The van der Waals surface area contributed by atoms with Gasteiger partial charge < -0.3 is 10.2 Å². The molecule has 0 aliphatic rings. The van der Waals surface area contributed by atoms with Crippen molar-refractivity contribution in [3.8, 4) is 11.3 Å². The van der Waals surface area contributed by atoms with E-state index in [2.05, 4.69) is 4.98 Å². The van der Waals surface area contributed by atoms with Crippen molar-refractivity contribution in [2.24, 2.45) is 5.73 Å². The Morgan fingerprint density at radius 1 is 1.32 bits per heavy atom. The Hall–Kier alpha value is -1.89. The van der Waals surface area contributed by atoms with E-state index >= 15 is 0 Å². The van der Waals surface area contributed by atoms with Crippen molar-refractivity contribution in [3.05, 3.63) is 41.7 Å². The van der Waals surface area contributed by atoms with Crippen molar-refractivity contribution in [2.75, 3.05) is 0 Å². The third kappa shape index (κ3) is 2.60. The number of halogens is 4. The Morgan fingerprint density at radius 2 is 2.00 bits per heavy atom. The number of nitrogens with two attached hydrogens (primary N) is 1. The van der Waals surface area contributed by atoms with Gasteiger partial charge in [0.25, 0.3) is 0 Å². The number of oxazole rings is 1. The molecule has 2 rings (SSSR count). The van der Waals surface area contributed by atoms with Gasteiger partial charge >= 0.3 is 6.18 Å². The van der Waals surface area contributed by atoms with Crippen LogP contribution in [0.4, 0.5) is 17.6 Å². The summed E-state index contributed by atoms with van der Waals surface area (Å²) in [5.41, 5.74) is 3.87. The van der Waals surface area contributed by atoms with Crippen LogP contribution in [-0.2, 0) is 6.18 Å². The summed E-state index contributed by atoms with van der Waals surface area (Å²) in [5, 5.41) is 0. The fourth-order valence-corrected chi connectivity index (χ4v) is 1.56. The van der Waals surface area contributed by atoms with Crippen LogP contribution in [0.25, 0.3) is 11.3 Å². The van der Waals surface area contributed by atoms with Gasteiger partial charge in [0.05, 0.1) is 23.4 Å². The van der Waals surface area contributed by atoms with Gasteiger partial charge in [-0.15, -0.1) is 0 Å². The first-order chi connectivity index (χ1) is 8.80. The fraction of sp³-hybridized carbons (Fsp3) is 0.250. The van der Waals surface area contributed by atoms with Crippen LogP contribution in [0.5, 0.6) is 0 Å². The van der Waals surface area contributed by atoms with Crippen LogP contribution in [0.2, 0.25) is 0 Å². The molecule has 0 bridgehead atoms. The minimum Gasteiger partial charge on any atom is -0.439 e. The van der Waals surface area contributed by atoms with Gasteiger partial charge in [-0.2, -0.15) is 13.2 Å². The summed E-state index contributed by atoms with van der Waals surface area (Å²) in [5.74, 6) is -1.34. The summed E-state index contributed by atoms with van der Waals surface area (Å²) in [6, 6.07) is 2.44. The predicted octanol–water partition coefficient (Wildman–Crippen LogP) is 3.52. The predicted molar refractivity (Wildman–Crippen MR) is 59.5 cm³/mol. The van der Waals surface area contributed by atoms with Gasteiger partial charge in [0.2, 0.25) is 5.89 Å². The van der Waals surface area contributed by atoms with Gasteiger partial charge in [0.1, 0.15) is 5.82 Å². The summed E-state index contributed by atoms with van der Waals surface area (Å²) >= 11 is 0. The Balaban J connectivity index is 2.51. The molecule has 1 aromatic heterocycles. The zero-order valence-corrected chi connectivity index (χ0v) is 9.83. The van der Waals surface area contributed by atoms with E-state index in [-0.39, 0.29) is 17.2 Å². The van der Waals surface area contributed by atoms with Crippen LogP contribution in [-0.4, -0.2) is 4.98 Å². The molecule has 0 aliphatic carbocycles. The van der Waals surface area contributed by atoms with Crippen LogP contribution >= 0.6 is 0 Å². The van der Waals surface area contributed by atoms with Gasteiger partial charge in [-0.05, 0) is 19.1 Å².